The second kappa shape index (κ2) is 4.76. The fourth-order valence-electron chi connectivity index (χ4n) is 2.73. The number of hydrogen-bond donors (Lipinski definition) is 1. The SMILES string of the molecule is O=C1Nc2ncc(Cl)cc2OC1C1CCCCC1. The van der Waals surface area contributed by atoms with Gasteiger partial charge in [0, 0.05) is 18.2 Å². The Morgan fingerprint density at radius 2 is 2.11 bits per heavy atom. The van der Waals surface area contributed by atoms with E-state index in [-0.39, 0.29) is 5.91 Å². The van der Waals surface area contributed by atoms with Crippen molar-refractivity contribution in [3.8, 4) is 5.75 Å². The third-order valence-corrected chi connectivity index (χ3v) is 3.86. The van der Waals surface area contributed by atoms with Crippen LogP contribution >= 0.6 is 11.6 Å². The topological polar surface area (TPSA) is 51.2 Å². The van der Waals surface area contributed by atoms with Crippen molar-refractivity contribution in [3.63, 3.8) is 0 Å². The molecule has 4 nitrogen and oxygen atoms in total. The highest BCUT2D eigenvalue weighted by molar-refractivity contribution is 6.30. The first-order chi connectivity index (χ1) is 8.74. The minimum absolute atomic E-state index is 0.0794. The Morgan fingerprint density at radius 3 is 2.89 bits per heavy atom. The molecule has 2 aliphatic rings. The molecule has 5 heteroatoms. The molecule has 1 aliphatic carbocycles. The molecule has 1 saturated carbocycles. The molecule has 3 rings (SSSR count). The lowest BCUT2D eigenvalue weighted by atomic mass is 9.84. The molecule has 1 aromatic rings. The van der Waals surface area contributed by atoms with Crippen molar-refractivity contribution in [1.82, 2.24) is 4.98 Å². The zero-order valence-electron chi connectivity index (χ0n) is 9.99. The van der Waals surface area contributed by atoms with Crippen molar-refractivity contribution < 1.29 is 9.53 Å². The smallest absolute Gasteiger partial charge is 0.266 e. The van der Waals surface area contributed by atoms with E-state index in [4.69, 9.17) is 16.3 Å². The molecule has 1 amide bonds. The van der Waals surface area contributed by atoms with E-state index < -0.39 is 6.10 Å². The lowest BCUT2D eigenvalue weighted by Gasteiger charge is -2.32. The van der Waals surface area contributed by atoms with E-state index >= 15 is 0 Å². The number of fused-ring (bicyclic) bond motifs is 1. The van der Waals surface area contributed by atoms with Crippen LogP contribution in [0.15, 0.2) is 12.3 Å². The van der Waals surface area contributed by atoms with Crippen LogP contribution in [-0.4, -0.2) is 17.0 Å². The molecule has 96 valence electrons. The number of aromatic nitrogens is 1. The highest BCUT2D eigenvalue weighted by Crippen LogP contribution is 2.35. The van der Waals surface area contributed by atoms with Gasteiger partial charge in [-0.15, -0.1) is 0 Å². The molecular weight excluding hydrogens is 252 g/mol. The van der Waals surface area contributed by atoms with Gasteiger partial charge in [0.2, 0.25) is 0 Å². The van der Waals surface area contributed by atoms with E-state index in [9.17, 15) is 4.79 Å². The van der Waals surface area contributed by atoms with E-state index in [1.54, 1.807) is 6.07 Å². The van der Waals surface area contributed by atoms with Crippen LogP contribution in [0.1, 0.15) is 32.1 Å². The highest BCUT2D eigenvalue weighted by atomic mass is 35.5. The molecule has 0 spiro atoms. The average molecular weight is 267 g/mol. The first-order valence-corrected chi connectivity index (χ1v) is 6.75. The highest BCUT2D eigenvalue weighted by Gasteiger charge is 2.35. The fourth-order valence-corrected chi connectivity index (χ4v) is 2.88. The van der Waals surface area contributed by atoms with E-state index in [1.165, 1.54) is 25.5 Å². The van der Waals surface area contributed by atoms with Gasteiger partial charge in [0.05, 0.1) is 5.02 Å². The Kier molecular flexibility index (Phi) is 3.12. The molecule has 18 heavy (non-hydrogen) atoms. The molecular formula is C13H15ClN2O2. The minimum Gasteiger partial charge on any atom is -0.476 e. The molecule has 0 radical (unpaired) electrons. The summed E-state index contributed by atoms with van der Waals surface area (Å²) in [6.45, 7) is 0. The third kappa shape index (κ3) is 2.17. The standard InChI is InChI=1S/C13H15ClN2O2/c14-9-6-10-12(15-7-9)16-13(17)11(18-10)8-4-2-1-3-5-8/h6-8,11H,1-5H2,(H,15,16,17). The van der Waals surface area contributed by atoms with Crippen molar-refractivity contribution in [3.05, 3.63) is 17.3 Å². The molecule has 1 atom stereocenters. The first-order valence-electron chi connectivity index (χ1n) is 6.37. The van der Waals surface area contributed by atoms with Crippen LogP contribution in [0.2, 0.25) is 5.02 Å². The number of pyridine rings is 1. The van der Waals surface area contributed by atoms with Crippen molar-refractivity contribution in [2.75, 3.05) is 5.32 Å². The zero-order valence-corrected chi connectivity index (χ0v) is 10.7. The number of ether oxygens (including phenoxy) is 1. The molecule has 1 fully saturated rings. The molecule has 1 aromatic heterocycles. The molecule has 1 aliphatic heterocycles. The van der Waals surface area contributed by atoms with Crippen molar-refractivity contribution in [2.45, 2.75) is 38.2 Å². The van der Waals surface area contributed by atoms with Gasteiger partial charge >= 0.3 is 0 Å². The summed E-state index contributed by atoms with van der Waals surface area (Å²) >= 11 is 5.89. The maximum atomic E-state index is 12.0. The molecule has 0 bridgehead atoms. The van der Waals surface area contributed by atoms with Crippen molar-refractivity contribution in [1.29, 1.82) is 0 Å². The van der Waals surface area contributed by atoms with Crippen LogP contribution in [0.4, 0.5) is 5.82 Å². The predicted octanol–water partition coefficient (Wildman–Crippen LogP) is 3.01. The van der Waals surface area contributed by atoms with E-state index in [0.29, 0.717) is 22.5 Å². The summed E-state index contributed by atoms with van der Waals surface area (Å²) in [5.74, 6) is 1.28. The molecule has 2 heterocycles. The number of amides is 1. The number of anilines is 1. The summed E-state index contributed by atoms with van der Waals surface area (Å²) in [5.41, 5.74) is 0. The number of hydrogen-bond acceptors (Lipinski definition) is 3. The summed E-state index contributed by atoms with van der Waals surface area (Å²) in [6.07, 6.45) is 6.84. The quantitative estimate of drug-likeness (QED) is 0.850. The summed E-state index contributed by atoms with van der Waals surface area (Å²) in [7, 11) is 0. The Labute approximate surface area is 111 Å². The average Bonchev–Trinajstić information content (AvgIpc) is 2.39. The van der Waals surface area contributed by atoms with Crippen LogP contribution < -0.4 is 10.1 Å². The van der Waals surface area contributed by atoms with Gasteiger partial charge in [-0.05, 0) is 12.8 Å². The Balaban J connectivity index is 1.83. The second-order valence-corrected chi connectivity index (χ2v) is 5.36. The van der Waals surface area contributed by atoms with Crippen LogP contribution in [0, 0.1) is 5.92 Å². The third-order valence-electron chi connectivity index (χ3n) is 3.65. The molecule has 0 aromatic carbocycles. The number of rotatable bonds is 1. The maximum absolute atomic E-state index is 12.0. The lowest BCUT2D eigenvalue weighted by molar-refractivity contribution is -0.126. The monoisotopic (exact) mass is 266 g/mol. The van der Waals surface area contributed by atoms with Gasteiger partial charge in [0.1, 0.15) is 0 Å². The van der Waals surface area contributed by atoms with Gasteiger partial charge in [-0.25, -0.2) is 4.98 Å². The summed E-state index contributed by atoms with van der Waals surface area (Å²) < 4.78 is 5.81. The zero-order chi connectivity index (χ0) is 12.5. The summed E-state index contributed by atoms with van der Waals surface area (Å²) in [4.78, 5) is 16.1. The van der Waals surface area contributed by atoms with E-state index in [0.717, 1.165) is 12.8 Å². The Hall–Kier alpha value is -1.29. The first kappa shape index (κ1) is 11.8. The van der Waals surface area contributed by atoms with Crippen LogP contribution in [0.5, 0.6) is 5.75 Å². The van der Waals surface area contributed by atoms with Crippen molar-refractivity contribution in [2.24, 2.45) is 5.92 Å². The lowest BCUT2D eigenvalue weighted by Crippen LogP contribution is -2.43. The van der Waals surface area contributed by atoms with E-state index in [2.05, 4.69) is 10.3 Å². The van der Waals surface area contributed by atoms with Crippen LogP contribution in [0.25, 0.3) is 0 Å². The number of nitrogens with zero attached hydrogens (tertiary/aromatic N) is 1. The second-order valence-electron chi connectivity index (χ2n) is 4.93. The Morgan fingerprint density at radius 1 is 1.33 bits per heavy atom. The van der Waals surface area contributed by atoms with Gasteiger partial charge in [-0.2, -0.15) is 0 Å². The summed E-state index contributed by atoms with van der Waals surface area (Å²) in [5, 5.41) is 3.32. The molecule has 0 saturated heterocycles. The largest absolute Gasteiger partial charge is 0.476 e. The maximum Gasteiger partial charge on any atom is 0.266 e. The Bertz CT molecular complexity index is 472. The van der Waals surface area contributed by atoms with Crippen molar-refractivity contribution >= 4 is 23.3 Å². The fraction of sp³-hybridized carbons (Fsp3) is 0.538. The van der Waals surface area contributed by atoms with Gasteiger partial charge in [0.25, 0.3) is 5.91 Å². The summed E-state index contributed by atoms with van der Waals surface area (Å²) in [6, 6.07) is 1.71. The predicted molar refractivity (Wildman–Crippen MR) is 68.9 cm³/mol. The number of carbonyl (C=O) groups is 1. The van der Waals surface area contributed by atoms with Crippen LogP contribution in [0.3, 0.4) is 0 Å². The van der Waals surface area contributed by atoms with Gasteiger partial charge in [-0.3, -0.25) is 4.79 Å². The number of halogens is 1. The minimum atomic E-state index is -0.391. The van der Waals surface area contributed by atoms with E-state index in [1.807, 2.05) is 0 Å². The normalized spacial score (nSPS) is 24.1. The van der Waals surface area contributed by atoms with Crippen LogP contribution in [-0.2, 0) is 4.79 Å². The molecule has 1 N–H and O–H groups in total. The number of carbonyl (C=O) groups excluding carboxylic acids is 1. The number of nitrogens with one attached hydrogen (secondary N) is 1. The molecule has 1 unspecified atom stereocenters. The van der Waals surface area contributed by atoms with Gasteiger partial charge in [0.15, 0.2) is 17.7 Å². The van der Waals surface area contributed by atoms with Gasteiger partial charge < -0.3 is 10.1 Å². The van der Waals surface area contributed by atoms with Gasteiger partial charge in [-0.1, -0.05) is 30.9 Å².